The molecule has 1 heterocycles. The summed E-state index contributed by atoms with van der Waals surface area (Å²) in [5.74, 6) is 0.826. The SMILES string of the molecule is S=C1NCC(Cc2cccc3ccccc23)N1CC1CCCCC1. The molecule has 0 spiro atoms. The van der Waals surface area contributed by atoms with Gasteiger partial charge in [-0.25, -0.2) is 0 Å². The van der Waals surface area contributed by atoms with Gasteiger partial charge in [-0.15, -0.1) is 0 Å². The quantitative estimate of drug-likeness (QED) is 0.825. The van der Waals surface area contributed by atoms with E-state index in [1.807, 2.05) is 0 Å². The van der Waals surface area contributed by atoms with Crippen LogP contribution in [0.5, 0.6) is 0 Å². The summed E-state index contributed by atoms with van der Waals surface area (Å²) >= 11 is 5.61. The number of fused-ring (bicyclic) bond motifs is 1. The third-order valence-corrected chi connectivity index (χ3v) is 6.08. The Morgan fingerprint density at radius 2 is 1.79 bits per heavy atom. The predicted molar refractivity (Wildman–Crippen MR) is 105 cm³/mol. The van der Waals surface area contributed by atoms with E-state index in [1.54, 1.807) is 0 Å². The summed E-state index contributed by atoms with van der Waals surface area (Å²) in [4.78, 5) is 2.48. The molecule has 24 heavy (non-hydrogen) atoms. The molecule has 1 N–H and O–H groups in total. The van der Waals surface area contributed by atoms with Crippen LogP contribution >= 0.6 is 12.2 Å². The maximum absolute atomic E-state index is 5.61. The van der Waals surface area contributed by atoms with E-state index in [0.717, 1.165) is 30.5 Å². The molecule has 1 saturated heterocycles. The van der Waals surface area contributed by atoms with Crippen LogP contribution in [0.4, 0.5) is 0 Å². The lowest BCUT2D eigenvalue weighted by Gasteiger charge is -2.31. The summed E-state index contributed by atoms with van der Waals surface area (Å²) in [6.07, 6.45) is 8.03. The molecule has 0 amide bonds. The molecule has 1 aliphatic carbocycles. The van der Waals surface area contributed by atoms with Gasteiger partial charge in [0.25, 0.3) is 0 Å². The molecule has 1 unspecified atom stereocenters. The molecular weight excluding hydrogens is 312 g/mol. The first-order valence-electron chi connectivity index (χ1n) is 9.32. The molecule has 0 radical (unpaired) electrons. The first kappa shape index (κ1) is 15.9. The zero-order chi connectivity index (χ0) is 16.4. The van der Waals surface area contributed by atoms with Crippen molar-refractivity contribution in [2.24, 2.45) is 5.92 Å². The van der Waals surface area contributed by atoms with Crippen LogP contribution in [0.25, 0.3) is 10.8 Å². The zero-order valence-corrected chi connectivity index (χ0v) is 15.0. The van der Waals surface area contributed by atoms with E-state index in [-0.39, 0.29) is 0 Å². The summed E-state index contributed by atoms with van der Waals surface area (Å²) < 4.78 is 0. The maximum atomic E-state index is 5.61. The second kappa shape index (κ2) is 7.10. The van der Waals surface area contributed by atoms with E-state index in [0.29, 0.717) is 6.04 Å². The fraction of sp³-hybridized carbons (Fsp3) is 0.476. The van der Waals surface area contributed by atoms with Crippen LogP contribution in [0.1, 0.15) is 37.7 Å². The molecule has 2 nitrogen and oxygen atoms in total. The van der Waals surface area contributed by atoms with Gasteiger partial charge in [0.15, 0.2) is 5.11 Å². The number of hydrogen-bond donors (Lipinski definition) is 1. The molecule has 0 bridgehead atoms. The van der Waals surface area contributed by atoms with E-state index in [4.69, 9.17) is 12.2 Å². The normalized spacial score (nSPS) is 22.1. The average molecular weight is 339 g/mol. The Balaban J connectivity index is 1.52. The highest BCUT2D eigenvalue weighted by Gasteiger charge is 2.30. The lowest BCUT2D eigenvalue weighted by atomic mass is 9.88. The van der Waals surface area contributed by atoms with E-state index in [1.165, 1.54) is 48.4 Å². The molecule has 1 saturated carbocycles. The lowest BCUT2D eigenvalue weighted by Crippen LogP contribution is -2.39. The van der Waals surface area contributed by atoms with E-state index < -0.39 is 0 Å². The molecular formula is C21H26N2S. The van der Waals surface area contributed by atoms with Crippen LogP contribution in [0, 0.1) is 5.92 Å². The predicted octanol–water partition coefficient (Wildman–Crippen LogP) is 4.52. The minimum Gasteiger partial charge on any atom is -0.360 e. The van der Waals surface area contributed by atoms with Gasteiger partial charge in [0.2, 0.25) is 0 Å². The largest absolute Gasteiger partial charge is 0.360 e. The van der Waals surface area contributed by atoms with Gasteiger partial charge in [-0.3, -0.25) is 0 Å². The second-order valence-electron chi connectivity index (χ2n) is 7.34. The highest BCUT2D eigenvalue weighted by Crippen LogP contribution is 2.27. The molecule has 126 valence electrons. The molecule has 2 fully saturated rings. The van der Waals surface area contributed by atoms with Gasteiger partial charge in [0.05, 0.1) is 6.04 Å². The summed E-state index contributed by atoms with van der Waals surface area (Å²) in [5.41, 5.74) is 1.44. The molecule has 3 heteroatoms. The van der Waals surface area contributed by atoms with E-state index >= 15 is 0 Å². The average Bonchev–Trinajstić information content (AvgIpc) is 2.96. The van der Waals surface area contributed by atoms with Crippen molar-refractivity contribution < 1.29 is 0 Å². The van der Waals surface area contributed by atoms with Gasteiger partial charge in [-0.05, 0) is 53.7 Å². The van der Waals surface area contributed by atoms with Crippen LogP contribution in [-0.4, -0.2) is 29.1 Å². The Bertz CT molecular complexity index is 715. The molecule has 4 rings (SSSR count). The molecule has 2 aliphatic rings. The molecule has 1 aliphatic heterocycles. The van der Waals surface area contributed by atoms with Crippen molar-refractivity contribution in [1.29, 1.82) is 0 Å². The van der Waals surface area contributed by atoms with E-state index in [9.17, 15) is 0 Å². The number of nitrogens with zero attached hydrogens (tertiary/aromatic N) is 1. The standard InChI is InChI=1S/C21H26N2S/c24-21-22-14-19(23(21)15-16-7-2-1-3-8-16)13-18-11-6-10-17-9-4-5-12-20(17)18/h4-6,9-12,16,19H,1-3,7-8,13-15H2,(H,22,24). The smallest absolute Gasteiger partial charge is 0.169 e. The lowest BCUT2D eigenvalue weighted by molar-refractivity contribution is 0.248. The number of thiocarbonyl (C=S) groups is 1. The minimum absolute atomic E-state index is 0.491. The van der Waals surface area contributed by atoms with Crippen molar-refractivity contribution in [3.63, 3.8) is 0 Å². The summed E-state index contributed by atoms with van der Waals surface area (Å²) in [5, 5.41) is 7.12. The molecule has 2 aromatic rings. The highest BCUT2D eigenvalue weighted by molar-refractivity contribution is 7.80. The highest BCUT2D eigenvalue weighted by atomic mass is 32.1. The number of rotatable bonds is 4. The fourth-order valence-corrected chi connectivity index (χ4v) is 4.68. The van der Waals surface area contributed by atoms with Crippen molar-refractivity contribution in [1.82, 2.24) is 10.2 Å². The number of benzene rings is 2. The topological polar surface area (TPSA) is 15.3 Å². The summed E-state index contributed by atoms with van der Waals surface area (Å²) in [6.45, 7) is 2.12. The fourth-order valence-electron chi connectivity index (χ4n) is 4.37. The van der Waals surface area contributed by atoms with Crippen molar-refractivity contribution in [2.45, 2.75) is 44.6 Å². The van der Waals surface area contributed by atoms with Crippen LogP contribution in [0.2, 0.25) is 0 Å². The van der Waals surface area contributed by atoms with Crippen molar-refractivity contribution in [3.8, 4) is 0 Å². The minimum atomic E-state index is 0.491. The Hall–Kier alpha value is -1.61. The Labute approximate surface area is 150 Å². The van der Waals surface area contributed by atoms with Crippen LogP contribution < -0.4 is 5.32 Å². The monoisotopic (exact) mass is 338 g/mol. The summed E-state index contributed by atoms with van der Waals surface area (Å²) in [7, 11) is 0. The summed E-state index contributed by atoms with van der Waals surface area (Å²) in [6, 6.07) is 15.9. The molecule has 1 atom stereocenters. The third kappa shape index (κ3) is 3.27. The number of hydrogen-bond acceptors (Lipinski definition) is 1. The van der Waals surface area contributed by atoms with E-state index in [2.05, 4.69) is 52.7 Å². The van der Waals surface area contributed by atoms with Crippen LogP contribution in [-0.2, 0) is 6.42 Å². The third-order valence-electron chi connectivity index (χ3n) is 5.71. The zero-order valence-electron chi connectivity index (χ0n) is 14.2. The van der Waals surface area contributed by atoms with Gasteiger partial charge in [0, 0.05) is 13.1 Å². The molecule has 0 aromatic heterocycles. The Morgan fingerprint density at radius 3 is 2.67 bits per heavy atom. The Morgan fingerprint density at radius 1 is 1.00 bits per heavy atom. The maximum Gasteiger partial charge on any atom is 0.169 e. The van der Waals surface area contributed by atoms with Gasteiger partial charge in [-0.2, -0.15) is 0 Å². The van der Waals surface area contributed by atoms with Gasteiger partial charge in [0.1, 0.15) is 0 Å². The number of nitrogens with one attached hydrogen (secondary N) is 1. The second-order valence-corrected chi connectivity index (χ2v) is 7.73. The van der Waals surface area contributed by atoms with Crippen LogP contribution in [0.3, 0.4) is 0 Å². The van der Waals surface area contributed by atoms with Gasteiger partial charge in [-0.1, -0.05) is 61.7 Å². The first-order chi connectivity index (χ1) is 11.8. The van der Waals surface area contributed by atoms with Gasteiger partial charge >= 0.3 is 0 Å². The van der Waals surface area contributed by atoms with Crippen molar-refractivity contribution in [3.05, 3.63) is 48.0 Å². The molecule has 2 aromatic carbocycles. The first-order valence-corrected chi connectivity index (χ1v) is 9.73. The van der Waals surface area contributed by atoms with Gasteiger partial charge < -0.3 is 10.2 Å². The Kier molecular flexibility index (Phi) is 4.70. The van der Waals surface area contributed by atoms with Crippen molar-refractivity contribution in [2.75, 3.05) is 13.1 Å². The van der Waals surface area contributed by atoms with Crippen molar-refractivity contribution >= 4 is 28.1 Å². The van der Waals surface area contributed by atoms with Crippen LogP contribution in [0.15, 0.2) is 42.5 Å².